The second-order valence-corrected chi connectivity index (χ2v) is 14.1. The summed E-state index contributed by atoms with van der Waals surface area (Å²) in [7, 11) is -2.77. The molecule has 0 aliphatic heterocycles. The summed E-state index contributed by atoms with van der Waals surface area (Å²) in [5, 5.41) is 3.71. The highest BCUT2D eigenvalue weighted by Gasteiger charge is 2.34. The van der Waals surface area contributed by atoms with Crippen molar-refractivity contribution in [3.63, 3.8) is 0 Å². The molecule has 4 rings (SSSR count). The average Bonchev–Trinajstić information content (AvgIpc) is 3.49. The molecule has 1 fully saturated rings. The second-order valence-electron chi connectivity index (χ2n) is 10.5. The molecule has 0 aromatic heterocycles. The van der Waals surface area contributed by atoms with E-state index in [-0.39, 0.29) is 23.4 Å². The molecule has 0 spiro atoms. The zero-order valence-corrected chi connectivity index (χ0v) is 28.1. The zero-order chi connectivity index (χ0) is 31.3. The van der Waals surface area contributed by atoms with Crippen molar-refractivity contribution in [1.82, 2.24) is 10.2 Å². The minimum Gasteiger partial charge on any atom is -0.496 e. The van der Waals surface area contributed by atoms with E-state index in [0.717, 1.165) is 35.6 Å². The number of carbonyl (C=O) groups is 2. The number of anilines is 1. The Bertz CT molecular complexity index is 1560. The number of nitrogens with one attached hydrogen (secondary N) is 1. The highest BCUT2D eigenvalue weighted by molar-refractivity contribution is 9.10. The number of halogens is 3. The predicted octanol–water partition coefficient (Wildman–Crippen LogP) is 6.74. The van der Waals surface area contributed by atoms with Gasteiger partial charge in [-0.25, -0.2) is 8.42 Å². The van der Waals surface area contributed by atoms with Gasteiger partial charge in [0.05, 0.1) is 22.2 Å². The van der Waals surface area contributed by atoms with Crippen LogP contribution in [0.25, 0.3) is 0 Å². The van der Waals surface area contributed by atoms with Crippen molar-refractivity contribution in [2.45, 2.75) is 63.1 Å². The van der Waals surface area contributed by atoms with Gasteiger partial charge in [0, 0.05) is 28.2 Å². The second kappa shape index (κ2) is 14.3. The minimum atomic E-state index is -4.25. The number of nitrogens with zero attached hydrogens (tertiary/aromatic N) is 2. The van der Waals surface area contributed by atoms with Gasteiger partial charge in [0.2, 0.25) is 11.8 Å². The minimum absolute atomic E-state index is 0.0359. The van der Waals surface area contributed by atoms with Crippen LogP contribution >= 0.6 is 39.1 Å². The molecule has 1 saturated carbocycles. The Balaban J connectivity index is 1.73. The summed E-state index contributed by atoms with van der Waals surface area (Å²) in [6.45, 7) is 2.84. The molecule has 1 aliphatic carbocycles. The van der Waals surface area contributed by atoms with Gasteiger partial charge in [-0.05, 0) is 85.1 Å². The maximum absolute atomic E-state index is 14.2. The lowest BCUT2D eigenvalue weighted by Crippen LogP contribution is -2.52. The van der Waals surface area contributed by atoms with E-state index in [1.165, 1.54) is 30.2 Å². The van der Waals surface area contributed by atoms with E-state index in [0.29, 0.717) is 31.5 Å². The topological polar surface area (TPSA) is 96.0 Å². The number of carbonyl (C=O) groups excluding carboxylic acids is 2. The Labute approximate surface area is 271 Å². The number of amides is 2. The van der Waals surface area contributed by atoms with Crippen molar-refractivity contribution in [3.8, 4) is 5.75 Å². The first-order valence-corrected chi connectivity index (χ1v) is 16.9. The van der Waals surface area contributed by atoms with Gasteiger partial charge in [0.1, 0.15) is 18.3 Å². The Hall–Kier alpha value is -2.79. The van der Waals surface area contributed by atoms with E-state index in [1.807, 2.05) is 6.92 Å². The maximum atomic E-state index is 14.2. The van der Waals surface area contributed by atoms with Gasteiger partial charge in [0.25, 0.3) is 10.0 Å². The highest BCUT2D eigenvalue weighted by atomic mass is 79.9. The van der Waals surface area contributed by atoms with Gasteiger partial charge in [0.15, 0.2) is 0 Å². The quantitative estimate of drug-likeness (QED) is 0.238. The molecular weight excluding hydrogens is 677 g/mol. The summed E-state index contributed by atoms with van der Waals surface area (Å²) in [4.78, 5) is 28.9. The molecule has 3 aromatic rings. The van der Waals surface area contributed by atoms with Crippen molar-refractivity contribution < 1.29 is 22.7 Å². The third-order valence-electron chi connectivity index (χ3n) is 7.57. The van der Waals surface area contributed by atoms with Crippen molar-refractivity contribution in [1.29, 1.82) is 0 Å². The Kier molecular flexibility index (Phi) is 11.0. The molecule has 1 atom stereocenters. The zero-order valence-electron chi connectivity index (χ0n) is 24.1. The lowest BCUT2D eigenvalue weighted by molar-refractivity contribution is -0.139. The van der Waals surface area contributed by atoms with E-state index in [4.69, 9.17) is 27.9 Å². The van der Waals surface area contributed by atoms with Crippen molar-refractivity contribution in [2.24, 2.45) is 0 Å². The molecule has 0 bridgehead atoms. The van der Waals surface area contributed by atoms with Gasteiger partial charge in [-0.1, -0.05) is 59.8 Å². The average molecular weight is 712 g/mol. The molecule has 1 N–H and O–H groups in total. The van der Waals surface area contributed by atoms with E-state index in [1.54, 1.807) is 49.4 Å². The van der Waals surface area contributed by atoms with Crippen molar-refractivity contribution in [2.75, 3.05) is 18.0 Å². The van der Waals surface area contributed by atoms with Crippen LogP contribution in [0.1, 0.15) is 43.7 Å². The van der Waals surface area contributed by atoms with E-state index in [9.17, 15) is 18.0 Å². The van der Waals surface area contributed by atoms with Crippen LogP contribution in [-0.2, 0) is 26.2 Å². The van der Waals surface area contributed by atoms with Crippen LogP contribution in [0, 0.1) is 6.92 Å². The van der Waals surface area contributed by atoms with Crippen LogP contribution in [0.4, 0.5) is 5.69 Å². The number of sulfonamides is 1. The summed E-state index contributed by atoms with van der Waals surface area (Å²) < 4.78 is 35.0. The molecule has 0 saturated heterocycles. The molecule has 0 heterocycles. The van der Waals surface area contributed by atoms with Crippen LogP contribution in [0.2, 0.25) is 10.0 Å². The third kappa shape index (κ3) is 7.84. The summed E-state index contributed by atoms with van der Waals surface area (Å²) in [5.41, 5.74) is 1.68. The van der Waals surface area contributed by atoms with Crippen LogP contribution in [0.3, 0.4) is 0 Å². The lowest BCUT2D eigenvalue weighted by atomic mass is 10.1. The first-order valence-electron chi connectivity index (χ1n) is 13.9. The van der Waals surface area contributed by atoms with E-state index >= 15 is 0 Å². The number of hydrogen-bond donors (Lipinski definition) is 1. The lowest BCUT2D eigenvalue weighted by Gasteiger charge is -2.33. The highest BCUT2D eigenvalue weighted by Crippen LogP contribution is 2.32. The van der Waals surface area contributed by atoms with Gasteiger partial charge in [-0.2, -0.15) is 0 Å². The standard InChI is InChI=1S/C31H34BrCl2N3O5S/c1-20-11-13-23(14-12-20)37(43(40,41)24-15-16-29(42-3)26(32)17-24)19-30(38)36(18-25-27(33)9-6-10-28(25)34)21(2)31(39)35-22-7-4-5-8-22/h6,9-17,21-22H,4-5,7-8,18-19H2,1-3H3,(H,35,39). The summed E-state index contributed by atoms with van der Waals surface area (Å²) >= 11 is 16.3. The number of hydrogen-bond acceptors (Lipinski definition) is 5. The van der Waals surface area contributed by atoms with Crippen LogP contribution in [0.5, 0.6) is 5.75 Å². The maximum Gasteiger partial charge on any atom is 0.264 e. The Morgan fingerprint density at radius 2 is 1.67 bits per heavy atom. The van der Waals surface area contributed by atoms with Crippen molar-refractivity contribution in [3.05, 3.63) is 86.3 Å². The van der Waals surface area contributed by atoms with Gasteiger partial charge >= 0.3 is 0 Å². The molecule has 8 nitrogen and oxygen atoms in total. The molecule has 230 valence electrons. The van der Waals surface area contributed by atoms with E-state index < -0.39 is 28.5 Å². The number of ether oxygens (including phenoxy) is 1. The van der Waals surface area contributed by atoms with Crippen molar-refractivity contribution >= 4 is 66.7 Å². The van der Waals surface area contributed by atoms with Crippen LogP contribution in [0.15, 0.2) is 70.0 Å². The molecule has 0 radical (unpaired) electrons. The SMILES string of the molecule is COc1ccc(S(=O)(=O)N(CC(=O)N(Cc2c(Cl)cccc2Cl)C(C)C(=O)NC2CCCC2)c2ccc(C)cc2)cc1Br. The number of aryl methyl sites for hydroxylation is 1. The molecule has 3 aromatic carbocycles. The normalized spacial score (nSPS) is 14.3. The fourth-order valence-corrected chi connectivity index (χ4v) is 7.65. The number of rotatable bonds is 11. The fourth-order valence-electron chi connectivity index (χ4n) is 5.00. The summed E-state index contributed by atoms with van der Waals surface area (Å²) in [5.74, 6) is -0.462. The van der Waals surface area contributed by atoms with Gasteiger partial charge < -0.3 is 15.0 Å². The first-order chi connectivity index (χ1) is 20.4. The Morgan fingerprint density at radius 3 is 2.26 bits per heavy atom. The van der Waals surface area contributed by atoms with Gasteiger partial charge in [-0.15, -0.1) is 0 Å². The number of benzene rings is 3. The molecule has 43 heavy (non-hydrogen) atoms. The fraction of sp³-hybridized carbons (Fsp3) is 0.355. The first kappa shape index (κ1) is 33.1. The monoisotopic (exact) mass is 709 g/mol. The smallest absolute Gasteiger partial charge is 0.264 e. The number of methoxy groups -OCH3 is 1. The summed E-state index contributed by atoms with van der Waals surface area (Å²) in [6.07, 6.45) is 3.81. The molecule has 12 heteroatoms. The van der Waals surface area contributed by atoms with Gasteiger partial charge in [-0.3, -0.25) is 13.9 Å². The Morgan fingerprint density at radius 1 is 1.05 bits per heavy atom. The van der Waals surface area contributed by atoms with E-state index in [2.05, 4.69) is 21.2 Å². The molecule has 1 unspecified atom stereocenters. The van der Waals surface area contributed by atoms with Crippen LogP contribution < -0.4 is 14.4 Å². The molecule has 1 aliphatic rings. The molecule has 2 amide bonds. The summed E-state index contributed by atoms with van der Waals surface area (Å²) in [6, 6.07) is 15.3. The van der Waals surface area contributed by atoms with Crippen LogP contribution in [-0.4, -0.2) is 50.9 Å². The predicted molar refractivity (Wildman–Crippen MR) is 173 cm³/mol. The largest absolute Gasteiger partial charge is 0.496 e. The molecular formula is C31H34BrCl2N3O5S. The third-order valence-corrected chi connectivity index (χ3v) is 10.7.